The number of amides is 2. The van der Waals surface area contributed by atoms with E-state index in [2.05, 4.69) is 16.0 Å². The number of methoxy groups -OCH3 is 1. The third-order valence-corrected chi connectivity index (χ3v) is 5.00. The van der Waals surface area contributed by atoms with E-state index in [1.807, 2.05) is 60.7 Å². The Hall–Kier alpha value is -4.31. The summed E-state index contributed by atoms with van der Waals surface area (Å²) in [4.78, 5) is 25.7. The number of hydrogen-bond donors (Lipinski definition) is 3. The molecule has 0 fully saturated rings. The van der Waals surface area contributed by atoms with Crippen molar-refractivity contribution in [3.05, 3.63) is 95.6 Å². The van der Waals surface area contributed by atoms with Gasteiger partial charge in [-0.1, -0.05) is 36.4 Å². The van der Waals surface area contributed by atoms with Crippen molar-refractivity contribution in [3.63, 3.8) is 0 Å². The second-order valence-corrected chi connectivity index (χ2v) is 7.35. The highest BCUT2D eigenvalue weighted by atomic mass is 16.5. The van der Waals surface area contributed by atoms with Crippen molar-refractivity contribution in [2.45, 2.75) is 12.5 Å². The predicted octanol–water partition coefficient (Wildman–Crippen LogP) is 3.14. The molecule has 2 amide bonds. The summed E-state index contributed by atoms with van der Waals surface area (Å²) in [7, 11) is 1.61. The summed E-state index contributed by atoms with van der Waals surface area (Å²) in [6, 6.07) is 24.7. The normalized spacial score (nSPS) is 11.0. The molecular formula is C26H26N4O3. The van der Waals surface area contributed by atoms with Crippen LogP contribution in [0.15, 0.2) is 78.9 Å². The molecule has 3 N–H and O–H groups in total. The maximum Gasteiger partial charge on any atom is 0.251 e. The molecule has 1 atom stereocenters. The van der Waals surface area contributed by atoms with Crippen molar-refractivity contribution in [2.24, 2.45) is 0 Å². The van der Waals surface area contributed by atoms with Crippen LogP contribution in [-0.2, 0) is 11.2 Å². The summed E-state index contributed by atoms with van der Waals surface area (Å²) in [5, 5.41) is 18.0. The van der Waals surface area contributed by atoms with E-state index >= 15 is 0 Å². The Morgan fingerprint density at radius 1 is 0.970 bits per heavy atom. The molecule has 7 heteroatoms. The second kappa shape index (κ2) is 11.9. The van der Waals surface area contributed by atoms with Crippen LogP contribution in [0.3, 0.4) is 0 Å². The maximum absolute atomic E-state index is 12.9. The Morgan fingerprint density at radius 2 is 1.73 bits per heavy atom. The summed E-state index contributed by atoms with van der Waals surface area (Å²) in [6.45, 7) is 0.907. The van der Waals surface area contributed by atoms with Crippen LogP contribution in [0.5, 0.6) is 5.75 Å². The fraction of sp³-hybridized carbons (Fsp3) is 0.192. The van der Waals surface area contributed by atoms with Crippen LogP contribution < -0.4 is 20.7 Å². The van der Waals surface area contributed by atoms with Gasteiger partial charge in [0.05, 0.1) is 18.7 Å². The van der Waals surface area contributed by atoms with Crippen LogP contribution in [0, 0.1) is 11.3 Å². The van der Waals surface area contributed by atoms with Crippen molar-refractivity contribution < 1.29 is 14.3 Å². The number of rotatable bonds is 10. The molecule has 1 unspecified atom stereocenters. The standard InChI is InChI=1S/C26H26N4O3/c1-33-23-12-10-22(11-13-23)28-14-15-29-26(32)24(17-19-6-3-2-4-7-19)30-25(31)21-9-5-8-20(16-21)18-27/h2-13,16,24,28H,14-15,17H2,1H3,(H,29,32)(H,30,31). The van der Waals surface area contributed by atoms with Gasteiger partial charge in [-0.25, -0.2) is 0 Å². The molecule has 7 nitrogen and oxygen atoms in total. The molecule has 0 aliphatic carbocycles. The maximum atomic E-state index is 12.9. The zero-order chi connectivity index (χ0) is 23.5. The highest BCUT2D eigenvalue weighted by Gasteiger charge is 2.22. The number of carbonyl (C=O) groups is 2. The largest absolute Gasteiger partial charge is 0.497 e. The number of benzene rings is 3. The second-order valence-electron chi connectivity index (χ2n) is 7.35. The van der Waals surface area contributed by atoms with Gasteiger partial charge in [-0.05, 0) is 48.0 Å². The quantitative estimate of drug-likeness (QED) is 0.419. The zero-order valence-electron chi connectivity index (χ0n) is 18.4. The first kappa shape index (κ1) is 23.4. The van der Waals surface area contributed by atoms with Crippen molar-refractivity contribution >= 4 is 17.5 Å². The van der Waals surface area contributed by atoms with Crippen molar-refractivity contribution in [1.29, 1.82) is 5.26 Å². The first-order chi connectivity index (χ1) is 16.1. The fourth-order valence-corrected chi connectivity index (χ4v) is 3.26. The minimum absolute atomic E-state index is 0.278. The van der Waals surface area contributed by atoms with E-state index in [0.29, 0.717) is 30.6 Å². The summed E-state index contributed by atoms with van der Waals surface area (Å²) >= 11 is 0. The van der Waals surface area contributed by atoms with E-state index < -0.39 is 11.9 Å². The number of ether oxygens (including phenoxy) is 1. The van der Waals surface area contributed by atoms with E-state index in [1.54, 1.807) is 25.3 Å². The van der Waals surface area contributed by atoms with Gasteiger partial charge in [0.15, 0.2) is 0 Å². The van der Waals surface area contributed by atoms with Crippen LogP contribution in [0.2, 0.25) is 0 Å². The highest BCUT2D eigenvalue weighted by molar-refractivity contribution is 5.97. The number of nitrogens with zero attached hydrogens (tertiary/aromatic N) is 1. The topological polar surface area (TPSA) is 103 Å². The molecule has 0 bridgehead atoms. The van der Waals surface area contributed by atoms with Gasteiger partial charge in [0.2, 0.25) is 5.91 Å². The number of anilines is 1. The van der Waals surface area contributed by atoms with E-state index in [0.717, 1.165) is 17.0 Å². The molecule has 3 rings (SSSR count). The Labute approximate surface area is 193 Å². The molecule has 168 valence electrons. The molecule has 0 heterocycles. The van der Waals surface area contributed by atoms with Gasteiger partial charge in [-0.3, -0.25) is 9.59 Å². The number of nitrogens with one attached hydrogen (secondary N) is 3. The number of carbonyl (C=O) groups excluding carboxylic acids is 2. The number of nitriles is 1. The van der Waals surface area contributed by atoms with Crippen LogP contribution >= 0.6 is 0 Å². The smallest absolute Gasteiger partial charge is 0.251 e. The lowest BCUT2D eigenvalue weighted by Gasteiger charge is -2.19. The predicted molar refractivity (Wildman–Crippen MR) is 127 cm³/mol. The van der Waals surface area contributed by atoms with Gasteiger partial charge in [0.25, 0.3) is 5.91 Å². The van der Waals surface area contributed by atoms with Gasteiger partial charge in [0.1, 0.15) is 11.8 Å². The molecule has 3 aromatic carbocycles. The van der Waals surface area contributed by atoms with Crippen molar-refractivity contribution in [3.8, 4) is 11.8 Å². The molecule has 0 radical (unpaired) electrons. The van der Waals surface area contributed by atoms with E-state index in [1.165, 1.54) is 6.07 Å². The van der Waals surface area contributed by atoms with Gasteiger partial charge in [0, 0.05) is 30.8 Å². The SMILES string of the molecule is COc1ccc(NCCNC(=O)C(Cc2ccccc2)NC(=O)c2cccc(C#N)c2)cc1. The van der Waals surface area contributed by atoms with Gasteiger partial charge in [-0.2, -0.15) is 5.26 Å². The lowest BCUT2D eigenvalue weighted by atomic mass is 10.0. The van der Waals surface area contributed by atoms with Gasteiger partial charge in [-0.15, -0.1) is 0 Å². The van der Waals surface area contributed by atoms with Crippen molar-refractivity contribution in [1.82, 2.24) is 10.6 Å². The van der Waals surface area contributed by atoms with E-state index in [4.69, 9.17) is 10.00 Å². The third-order valence-electron chi connectivity index (χ3n) is 5.00. The lowest BCUT2D eigenvalue weighted by Crippen LogP contribution is -2.48. The molecule has 33 heavy (non-hydrogen) atoms. The highest BCUT2D eigenvalue weighted by Crippen LogP contribution is 2.14. The summed E-state index contributed by atoms with van der Waals surface area (Å²) in [6.07, 6.45) is 0.349. The van der Waals surface area contributed by atoms with Crippen molar-refractivity contribution in [2.75, 3.05) is 25.5 Å². The Balaban J connectivity index is 1.60. The van der Waals surface area contributed by atoms with Crippen LogP contribution in [0.25, 0.3) is 0 Å². The molecule has 3 aromatic rings. The van der Waals surface area contributed by atoms with Crippen LogP contribution in [-0.4, -0.2) is 38.1 Å². The third kappa shape index (κ3) is 7.11. The minimum atomic E-state index is -0.758. The molecule has 0 saturated carbocycles. The summed E-state index contributed by atoms with van der Waals surface area (Å²) in [5.74, 6) is 0.0911. The lowest BCUT2D eigenvalue weighted by molar-refractivity contribution is -0.122. The molecule has 0 saturated heterocycles. The van der Waals surface area contributed by atoms with Gasteiger partial charge < -0.3 is 20.7 Å². The molecule has 0 aliphatic heterocycles. The molecule has 0 aromatic heterocycles. The fourth-order valence-electron chi connectivity index (χ4n) is 3.26. The number of hydrogen-bond acceptors (Lipinski definition) is 5. The summed E-state index contributed by atoms with van der Waals surface area (Å²) in [5.41, 5.74) is 2.56. The molecule has 0 aliphatic rings. The molecular weight excluding hydrogens is 416 g/mol. The Bertz CT molecular complexity index is 1110. The average molecular weight is 443 g/mol. The first-order valence-electron chi connectivity index (χ1n) is 10.6. The van der Waals surface area contributed by atoms with Crippen LogP contribution in [0.4, 0.5) is 5.69 Å². The van der Waals surface area contributed by atoms with E-state index in [-0.39, 0.29) is 5.91 Å². The monoisotopic (exact) mass is 442 g/mol. The molecule has 0 spiro atoms. The van der Waals surface area contributed by atoms with E-state index in [9.17, 15) is 9.59 Å². The Morgan fingerprint density at radius 3 is 2.42 bits per heavy atom. The Kier molecular flexibility index (Phi) is 8.43. The average Bonchev–Trinajstić information content (AvgIpc) is 2.87. The van der Waals surface area contributed by atoms with Gasteiger partial charge >= 0.3 is 0 Å². The minimum Gasteiger partial charge on any atom is -0.497 e. The first-order valence-corrected chi connectivity index (χ1v) is 10.6. The van der Waals surface area contributed by atoms with Crippen LogP contribution in [0.1, 0.15) is 21.5 Å². The summed E-state index contributed by atoms with van der Waals surface area (Å²) < 4.78 is 5.14. The zero-order valence-corrected chi connectivity index (χ0v) is 18.4.